The molecule has 0 amide bonds. The summed E-state index contributed by atoms with van der Waals surface area (Å²) < 4.78 is 10.5. The van der Waals surface area contributed by atoms with Crippen LogP contribution in [0, 0.1) is 6.92 Å². The molecule has 3 aromatic carbocycles. The largest absolute Gasteiger partial charge is 0.508 e. The fourth-order valence-electron chi connectivity index (χ4n) is 2.50. The summed E-state index contributed by atoms with van der Waals surface area (Å²) in [7, 11) is 3.25. The second-order valence-corrected chi connectivity index (χ2v) is 6.24. The summed E-state index contributed by atoms with van der Waals surface area (Å²) in [6, 6.07) is 18.3. The summed E-state index contributed by atoms with van der Waals surface area (Å²) in [5.74, 6) is 1.75. The molecule has 0 fully saturated rings. The van der Waals surface area contributed by atoms with Crippen LogP contribution in [0.2, 0.25) is 0 Å². The van der Waals surface area contributed by atoms with Crippen LogP contribution in [0.3, 0.4) is 0 Å². The molecule has 1 N–H and O–H groups in total. The highest BCUT2D eigenvalue weighted by Gasteiger charge is 2.11. The number of thiol groups is 1. The highest BCUT2D eigenvalue weighted by Crippen LogP contribution is 2.37. The Balaban J connectivity index is 0. The van der Waals surface area contributed by atoms with E-state index >= 15 is 0 Å². The number of rotatable bonds is 4. The molecular formula is C28H40O4S. The minimum Gasteiger partial charge on any atom is -0.508 e. The number of hydrogen-bond donors (Lipinski definition) is 2. The maximum Gasteiger partial charge on any atom is 0.150 e. The minimum atomic E-state index is 0.240. The van der Waals surface area contributed by atoms with Crippen molar-refractivity contribution in [1.29, 1.82) is 0 Å². The third-order valence-electron chi connectivity index (χ3n) is 4.01. The van der Waals surface area contributed by atoms with Crippen molar-refractivity contribution < 1.29 is 19.4 Å². The second kappa shape index (κ2) is 19.7. The molecule has 0 aliphatic carbocycles. The molecule has 3 rings (SSSR count). The van der Waals surface area contributed by atoms with Crippen molar-refractivity contribution in [1.82, 2.24) is 0 Å². The van der Waals surface area contributed by atoms with Gasteiger partial charge in [0.25, 0.3) is 0 Å². The Morgan fingerprint density at radius 3 is 1.70 bits per heavy atom. The lowest BCUT2D eigenvalue weighted by molar-refractivity contribution is 0.112. The number of ether oxygens (including phenoxy) is 2. The van der Waals surface area contributed by atoms with E-state index in [9.17, 15) is 9.90 Å². The smallest absolute Gasteiger partial charge is 0.150 e. The van der Waals surface area contributed by atoms with Gasteiger partial charge in [0.05, 0.1) is 14.2 Å². The molecular weight excluding hydrogens is 432 g/mol. The van der Waals surface area contributed by atoms with E-state index in [-0.39, 0.29) is 5.75 Å². The number of aldehydes is 1. The molecule has 4 nitrogen and oxygen atoms in total. The van der Waals surface area contributed by atoms with Crippen molar-refractivity contribution in [2.45, 2.75) is 53.4 Å². The van der Waals surface area contributed by atoms with Crippen molar-refractivity contribution in [3.8, 4) is 28.4 Å². The van der Waals surface area contributed by atoms with Gasteiger partial charge in [-0.05, 0) is 48.9 Å². The van der Waals surface area contributed by atoms with E-state index in [0.29, 0.717) is 11.3 Å². The average Bonchev–Trinajstić information content (AvgIpc) is 2.90. The van der Waals surface area contributed by atoms with E-state index in [1.807, 2.05) is 78.8 Å². The van der Waals surface area contributed by atoms with Gasteiger partial charge in [0.1, 0.15) is 23.5 Å². The molecule has 0 bridgehead atoms. The first-order valence-electron chi connectivity index (χ1n) is 11.2. The first-order valence-corrected chi connectivity index (χ1v) is 11.7. The Bertz CT molecular complexity index is 889. The van der Waals surface area contributed by atoms with Crippen LogP contribution < -0.4 is 9.47 Å². The Morgan fingerprint density at radius 1 is 0.758 bits per heavy atom. The van der Waals surface area contributed by atoms with Crippen molar-refractivity contribution in [2.24, 2.45) is 0 Å². The zero-order valence-corrected chi connectivity index (χ0v) is 22.4. The predicted octanol–water partition coefficient (Wildman–Crippen LogP) is 8.25. The molecule has 3 aromatic rings. The predicted molar refractivity (Wildman–Crippen MR) is 145 cm³/mol. The van der Waals surface area contributed by atoms with Gasteiger partial charge in [-0.2, -0.15) is 0 Å². The molecule has 0 saturated heterocycles. The van der Waals surface area contributed by atoms with Crippen molar-refractivity contribution in [3.05, 3.63) is 71.8 Å². The van der Waals surface area contributed by atoms with E-state index in [2.05, 4.69) is 12.6 Å². The number of methoxy groups -OCH3 is 2. The van der Waals surface area contributed by atoms with Gasteiger partial charge >= 0.3 is 0 Å². The number of aromatic hydroxyl groups is 1. The Morgan fingerprint density at radius 2 is 1.27 bits per heavy atom. The fourth-order valence-corrected chi connectivity index (χ4v) is 2.64. The lowest BCUT2D eigenvalue weighted by atomic mass is 10.0. The third-order valence-corrected chi connectivity index (χ3v) is 4.31. The van der Waals surface area contributed by atoms with E-state index in [1.54, 1.807) is 44.6 Å². The van der Waals surface area contributed by atoms with Crippen LogP contribution in [0.4, 0.5) is 0 Å². The van der Waals surface area contributed by atoms with Gasteiger partial charge in [0.15, 0.2) is 0 Å². The SMILES string of the molecule is CC.CC.CC.COc1ccc(-c2ccc(O)c(C)c2OC)cc1.O=Cc1ccc(S)cc1. The third kappa shape index (κ3) is 11.0. The van der Waals surface area contributed by atoms with E-state index in [0.717, 1.165) is 33.6 Å². The van der Waals surface area contributed by atoms with Gasteiger partial charge in [0, 0.05) is 21.6 Å². The lowest BCUT2D eigenvalue weighted by Gasteiger charge is -2.13. The van der Waals surface area contributed by atoms with Crippen LogP contribution >= 0.6 is 12.6 Å². The van der Waals surface area contributed by atoms with Crippen LogP contribution in [-0.4, -0.2) is 25.6 Å². The number of carbonyl (C=O) groups excluding carboxylic acids is 1. The summed E-state index contributed by atoms with van der Waals surface area (Å²) in [4.78, 5) is 11.0. The standard InChI is InChI=1S/C15H16O3.C7H6OS.3C2H6/c1-10-14(16)9-8-13(15(10)18-3)11-4-6-12(17-2)7-5-11;8-5-6-1-3-7(9)4-2-6;3*1-2/h4-9,16H,1-3H3;1-5,9H;3*1-2H3. The molecule has 0 atom stereocenters. The van der Waals surface area contributed by atoms with Crippen LogP contribution in [0.5, 0.6) is 17.2 Å². The van der Waals surface area contributed by atoms with Gasteiger partial charge in [-0.1, -0.05) is 65.8 Å². The molecule has 0 spiro atoms. The van der Waals surface area contributed by atoms with Crippen molar-refractivity contribution in [3.63, 3.8) is 0 Å². The van der Waals surface area contributed by atoms with E-state index in [1.165, 1.54) is 0 Å². The molecule has 0 unspecified atom stereocenters. The highest BCUT2D eigenvalue weighted by atomic mass is 32.1. The fraction of sp³-hybridized carbons (Fsp3) is 0.321. The van der Waals surface area contributed by atoms with Gasteiger partial charge in [-0.3, -0.25) is 4.79 Å². The molecule has 33 heavy (non-hydrogen) atoms. The number of phenolic OH excluding ortho intramolecular Hbond substituents is 1. The van der Waals surface area contributed by atoms with Crippen molar-refractivity contribution >= 4 is 18.9 Å². The molecule has 0 aliphatic heterocycles. The van der Waals surface area contributed by atoms with Gasteiger partial charge < -0.3 is 14.6 Å². The lowest BCUT2D eigenvalue weighted by Crippen LogP contribution is -1.92. The Kier molecular flexibility index (Phi) is 19.3. The maximum atomic E-state index is 10.1. The molecule has 0 aromatic heterocycles. The normalized spacial score (nSPS) is 8.55. The summed E-state index contributed by atoms with van der Waals surface area (Å²) >= 11 is 4.05. The Labute approximate surface area is 206 Å². The van der Waals surface area contributed by atoms with Crippen molar-refractivity contribution in [2.75, 3.05) is 14.2 Å². The quantitative estimate of drug-likeness (QED) is 0.296. The van der Waals surface area contributed by atoms with Crippen LogP contribution in [0.1, 0.15) is 57.5 Å². The molecule has 182 valence electrons. The zero-order valence-electron chi connectivity index (χ0n) is 21.5. The minimum absolute atomic E-state index is 0.240. The molecule has 0 aliphatic rings. The summed E-state index contributed by atoms with van der Waals surface area (Å²) in [5.41, 5.74) is 3.41. The van der Waals surface area contributed by atoms with Crippen LogP contribution in [0.25, 0.3) is 11.1 Å². The average molecular weight is 473 g/mol. The number of carbonyl (C=O) groups is 1. The first-order chi connectivity index (χ1) is 16.0. The Hall–Kier alpha value is -2.92. The van der Waals surface area contributed by atoms with Gasteiger partial charge in [-0.15, -0.1) is 12.6 Å². The van der Waals surface area contributed by atoms with Crippen LogP contribution in [-0.2, 0) is 0 Å². The first kappa shape index (κ1) is 32.3. The molecule has 0 saturated carbocycles. The van der Waals surface area contributed by atoms with E-state index in [4.69, 9.17) is 9.47 Å². The molecule has 5 heteroatoms. The second-order valence-electron chi connectivity index (χ2n) is 5.73. The number of hydrogen-bond acceptors (Lipinski definition) is 5. The molecule has 0 radical (unpaired) electrons. The summed E-state index contributed by atoms with van der Waals surface area (Å²) in [5, 5.41) is 9.68. The number of benzene rings is 3. The maximum absolute atomic E-state index is 10.1. The van der Waals surface area contributed by atoms with Gasteiger partial charge in [0.2, 0.25) is 0 Å². The van der Waals surface area contributed by atoms with E-state index < -0.39 is 0 Å². The monoisotopic (exact) mass is 472 g/mol. The molecule has 0 heterocycles. The summed E-state index contributed by atoms with van der Waals surface area (Å²) in [6.45, 7) is 13.8. The summed E-state index contributed by atoms with van der Waals surface area (Å²) in [6.07, 6.45) is 0.813. The van der Waals surface area contributed by atoms with Gasteiger partial charge in [-0.25, -0.2) is 0 Å². The topological polar surface area (TPSA) is 55.8 Å². The highest BCUT2D eigenvalue weighted by molar-refractivity contribution is 7.80. The van der Waals surface area contributed by atoms with Crippen LogP contribution in [0.15, 0.2) is 65.6 Å². The number of phenols is 1. The zero-order chi connectivity index (χ0) is 25.8.